The van der Waals surface area contributed by atoms with Crippen molar-refractivity contribution in [2.75, 3.05) is 16.8 Å². The molecule has 0 atom stereocenters. The highest BCUT2D eigenvalue weighted by atomic mass is 32.2. The van der Waals surface area contributed by atoms with Crippen molar-refractivity contribution in [3.8, 4) is 5.75 Å². The van der Waals surface area contributed by atoms with E-state index in [1.165, 1.54) is 16.7 Å². The third-order valence-electron chi connectivity index (χ3n) is 4.88. The van der Waals surface area contributed by atoms with E-state index in [4.69, 9.17) is 17.0 Å². The van der Waals surface area contributed by atoms with Gasteiger partial charge >= 0.3 is 0 Å². The maximum absolute atomic E-state index is 13.0. The van der Waals surface area contributed by atoms with Gasteiger partial charge in [-0.3, -0.25) is 14.5 Å². The summed E-state index contributed by atoms with van der Waals surface area (Å²) >= 11 is 6.68. The lowest BCUT2D eigenvalue weighted by molar-refractivity contribution is -0.118. The van der Waals surface area contributed by atoms with Crippen molar-refractivity contribution in [2.45, 2.75) is 13.8 Å². The molecule has 1 aliphatic heterocycles. The number of carbonyl (C=O) groups excluding carboxylic acids is 2. The van der Waals surface area contributed by atoms with E-state index in [1.807, 2.05) is 80.6 Å². The van der Waals surface area contributed by atoms with Crippen LogP contribution in [0, 0.1) is 13.8 Å². The Labute approximate surface area is 202 Å². The number of nitrogens with zero attached hydrogens (tertiary/aromatic N) is 1. The fourth-order valence-electron chi connectivity index (χ4n) is 3.53. The molecule has 5 nitrogen and oxygen atoms in total. The van der Waals surface area contributed by atoms with E-state index in [0.717, 1.165) is 22.5 Å². The van der Waals surface area contributed by atoms with E-state index in [-0.39, 0.29) is 18.4 Å². The van der Waals surface area contributed by atoms with Crippen LogP contribution >= 0.6 is 24.0 Å². The number of thioether (sulfide) groups is 1. The molecule has 3 aromatic rings. The molecule has 166 valence electrons. The largest absolute Gasteiger partial charge is 0.483 e. The van der Waals surface area contributed by atoms with Gasteiger partial charge in [-0.2, -0.15) is 0 Å². The summed E-state index contributed by atoms with van der Waals surface area (Å²) in [6.07, 6.45) is 1.75. The van der Waals surface area contributed by atoms with E-state index >= 15 is 0 Å². The number of anilines is 2. The predicted molar refractivity (Wildman–Crippen MR) is 139 cm³/mol. The van der Waals surface area contributed by atoms with Crippen LogP contribution in [0.3, 0.4) is 0 Å². The first-order chi connectivity index (χ1) is 15.9. The van der Waals surface area contributed by atoms with Gasteiger partial charge in [0.15, 0.2) is 10.9 Å². The quantitative estimate of drug-likeness (QED) is 0.365. The Morgan fingerprint density at radius 2 is 1.70 bits per heavy atom. The molecule has 7 heteroatoms. The highest BCUT2D eigenvalue weighted by Gasteiger charge is 2.33. The van der Waals surface area contributed by atoms with Crippen molar-refractivity contribution in [2.24, 2.45) is 0 Å². The molecule has 33 heavy (non-hydrogen) atoms. The SMILES string of the molecule is Cc1cc(C)cc(NC(=O)COc2ccccc2/C=C2\SC(=S)N(c3ccccc3)C2=O)c1. The summed E-state index contributed by atoms with van der Waals surface area (Å²) in [5.74, 6) is 0.0711. The van der Waals surface area contributed by atoms with Gasteiger partial charge in [0.2, 0.25) is 0 Å². The second kappa shape index (κ2) is 10.0. The minimum Gasteiger partial charge on any atom is -0.483 e. The van der Waals surface area contributed by atoms with Gasteiger partial charge in [0.1, 0.15) is 5.75 Å². The molecule has 1 aliphatic rings. The standard InChI is InChI=1S/C26H22N2O3S2/c1-17-12-18(2)14-20(13-17)27-24(29)16-31-22-11-7-6-8-19(22)15-23-25(30)28(26(32)33-23)21-9-4-3-5-10-21/h3-15H,16H2,1-2H3,(H,27,29)/b23-15-. The average Bonchev–Trinajstić information content (AvgIpc) is 3.05. The first-order valence-electron chi connectivity index (χ1n) is 10.3. The third kappa shape index (κ3) is 5.50. The lowest BCUT2D eigenvalue weighted by Gasteiger charge is -2.14. The highest BCUT2D eigenvalue weighted by Crippen LogP contribution is 2.37. The van der Waals surface area contributed by atoms with Crippen molar-refractivity contribution in [1.29, 1.82) is 0 Å². The lowest BCUT2D eigenvalue weighted by Crippen LogP contribution is -2.27. The Morgan fingerprint density at radius 1 is 1.03 bits per heavy atom. The summed E-state index contributed by atoms with van der Waals surface area (Å²) in [7, 11) is 0. The second-order valence-corrected chi connectivity index (χ2v) is 9.28. The molecule has 0 bridgehead atoms. The van der Waals surface area contributed by atoms with E-state index in [1.54, 1.807) is 12.1 Å². The van der Waals surface area contributed by atoms with Crippen LogP contribution in [0.4, 0.5) is 11.4 Å². The Balaban J connectivity index is 1.47. The molecule has 1 heterocycles. The number of thiocarbonyl (C=S) groups is 1. The minimum atomic E-state index is -0.259. The van der Waals surface area contributed by atoms with Crippen LogP contribution < -0.4 is 15.0 Å². The maximum Gasteiger partial charge on any atom is 0.270 e. The molecule has 0 unspecified atom stereocenters. The molecule has 1 saturated heterocycles. The number of ether oxygens (including phenoxy) is 1. The zero-order valence-corrected chi connectivity index (χ0v) is 19.8. The van der Waals surface area contributed by atoms with Crippen molar-refractivity contribution < 1.29 is 14.3 Å². The van der Waals surface area contributed by atoms with Crippen molar-refractivity contribution in [3.05, 3.63) is 94.4 Å². The molecule has 0 aliphatic carbocycles. The fourth-order valence-corrected chi connectivity index (χ4v) is 4.82. The molecule has 1 N–H and O–H groups in total. The van der Waals surface area contributed by atoms with Crippen molar-refractivity contribution >= 4 is 57.6 Å². The summed E-state index contributed by atoms with van der Waals surface area (Å²) in [5, 5.41) is 2.86. The second-order valence-electron chi connectivity index (χ2n) is 7.60. The minimum absolute atomic E-state index is 0.150. The zero-order chi connectivity index (χ0) is 23.4. The van der Waals surface area contributed by atoms with Gasteiger partial charge < -0.3 is 10.1 Å². The zero-order valence-electron chi connectivity index (χ0n) is 18.2. The van der Waals surface area contributed by atoms with E-state index in [0.29, 0.717) is 20.5 Å². The topological polar surface area (TPSA) is 58.6 Å². The van der Waals surface area contributed by atoms with Gasteiger partial charge in [0, 0.05) is 11.3 Å². The number of amides is 2. The van der Waals surface area contributed by atoms with Gasteiger partial charge in [-0.05, 0) is 61.4 Å². The Kier molecular flexibility index (Phi) is 6.91. The first kappa shape index (κ1) is 22.8. The monoisotopic (exact) mass is 474 g/mol. The van der Waals surface area contributed by atoms with Crippen molar-refractivity contribution in [1.82, 2.24) is 0 Å². The smallest absolute Gasteiger partial charge is 0.270 e. The van der Waals surface area contributed by atoms with Crippen LogP contribution in [0.25, 0.3) is 6.08 Å². The summed E-state index contributed by atoms with van der Waals surface area (Å²) in [6, 6.07) is 22.5. The third-order valence-corrected chi connectivity index (χ3v) is 6.18. The van der Waals surface area contributed by atoms with E-state index in [9.17, 15) is 9.59 Å². The van der Waals surface area contributed by atoms with Crippen LogP contribution in [-0.4, -0.2) is 22.7 Å². The normalized spacial score (nSPS) is 14.6. The Hall–Kier alpha value is -3.42. The Bertz CT molecular complexity index is 1240. The number of benzene rings is 3. The molecule has 0 aromatic heterocycles. The molecule has 2 amide bonds. The molecule has 0 spiro atoms. The van der Waals surface area contributed by atoms with Crippen LogP contribution in [0.15, 0.2) is 77.7 Å². The van der Waals surface area contributed by atoms with Gasteiger partial charge in [-0.15, -0.1) is 0 Å². The number of carbonyl (C=O) groups is 2. The summed E-state index contributed by atoms with van der Waals surface area (Å²) in [5.41, 5.74) is 4.31. The molecular formula is C26H22N2O3S2. The Morgan fingerprint density at radius 3 is 2.42 bits per heavy atom. The van der Waals surface area contributed by atoms with Crippen molar-refractivity contribution in [3.63, 3.8) is 0 Å². The maximum atomic E-state index is 13.0. The van der Waals surface area contributed by atoms with E-state index in [2.05, 4.69) is 5.32 Å². The molecular weight excluding hydrogens is 452 g/mol. The summed E-state index contributed by atoms with van der Waals surface area (Å²) in [6.45, 7) is 3.81. The lowest BCUT2D eigenvalue weighted by atomic mass is 10.1. The molecule has 1 fully saturated rings. The van der Waals surface area contributed by atoms with Crippen LogP contribution in [0.1, 0.15) is 16.7 Å². The van der Waals surface area contributed by atoms with Gasteiger partial charge in [0.05, 0.1) is 10.6 Å². The fraction of sp³-hybridized carbons (Fsp3) is 0.115. The van der Waals surface area contributed by atoms with Crippen LogP contribution in [0.5, 0.6) is 5.75 Å². The summed E-state index contributed by atoms with van der Waals surface area (Å²) in [4.78, 5) is 27.4. The molecule has 3 aromatic carbocycles. The number of para-hydroxylation sites is 2. The molecule has 0 radical (unpaired) electrons. The summed E-state index contributed by atoms with van der Waals surface area (Å²) < 4.78 is 6.27. The first-order valence-corrected chi connectivity index (χ1v) is 11.6. The number of hydrogen-bond acceptors (Lipinski definition) is 5. The molecule has 0 saturated carbocycles. The van der Waals surface area contributed by atoms with E-state index < -0.39 is 0 Å². The number of nitrogens with one attached hydrogen (secondary N) is 1. The van der Waals surface area contributed by atoms with Gasteiger partial charge in [-0.25, -0.2) is 0 Å². The van der Waals surface area contributed by atoms with Crippen LogP contribution in [-0.2, 0) is 9.59 Å². The number of hydrogen-bond donors (Lipinski definition) is 1. The van der Waals surface area contributed by atoms with Gasteiger partial charge in [0.25, 0.3) is 11.8 Å². The number of aryl methyl sites for hydroxylation is 2. The molecule has 4 rings (SSSR count). The average molecular weight is 475 g/mol. The van der Waals surface area contributed by atoms with Gasteiger partial charge in [-0.1, -0.05) is 66.4 Å². The van der Waals surface area contributed by atoms with Crippen LogP contribution in [0.2, 0.25) is 0 Å². The highest BCUT2D eigenvalue weighted by molar-refractivity contribution is 8.27. The number of rotatable bonds is 6. The predicted octanol–water partition coefficient (Wildman–Crippen LogP) is 5.73.